The summed E-state index contributed by atoms with van der Waals surface area (Å²) < 4.78 is 7.45. The molecule has 0 aliphatic heterocycles. The van der Waals surface area contributed by atoms with E-state index in [2.05, 4.69) is 180 Å². The van der Waals surface area contributed by atoms with E-state index in [1.807, 2.05) is 23.7 Å². The Morgan fingerprint density at radius 1 is 0.415 bits per heavy atom. The van der Waals surface area contributed by atoms with E-state index in [0.29, 0.717) is 0 Å². The average Bonchev–Trinajstić information content (AvgIpc) is 3.85. The molecule has 53 heavy (non-hydrogen) atoms. The first-order valence-corrected chi connectivity index (χ1v) is 18.9. The molecule has 4 aromatic heterocycles. The summed E-state index contributed by atoms with van der Waals surface area (Å²) in [5.74, 6) is 0. The largest absolute Gasteiger partial charge is 0.309 e. The number of para-hydroxylation sites is 3. The number of fused-ring (bicyclic) bond motifs is 9. The normalized spacial score (nSPS) is 12.0. The Bertz CT molecular complexity index is 3140. The van der Waals surface area contributed by atoms with Gasteiger partial charge in [0.2, 0.25) is 0 Å². The maximum absolute atomic E-state index is 4.53. The zero-order valence-corrected chi connectivity index (χ0v) is 30.2. The highest BCUT2D eigenvalue weighted by molar-refractivity contribution is 7.25. The molecule has 7 aromatic carbocycles. The van der Waals surface area contributed by atoms with Crippen LogP contribution in [0.4, 0.5) is 0 Å². The van der Waals surface area contributed by atoms with Crippen LogP contribution in [0.25, 0.3) is 97.4 Å². The second-order valence-corrected chi connectivity index (χ2v) is 15.2. The third-order valence-corrected chi connectivity index (χ3v) is 12.2. The lowest BCUT2D eigenvalue weighted by atomic mass is 9.91. The molecule has 0 N–H and O–H groups in total. The predicted octanol–water partition coefficient (Wildman–Crippen LogP) is 13.6. The van der Waals surface area contributed by atoms with Crippen LogP contribution < -0.4 is 0 Å². The van der Waals surface area contributed by atoms with Gasteiger partial charge >= 0.3 is 0 Å². The fourth-order valence-corrected chi connectivity index (χ4v) is 9.87. The minimum absolute atomic E-state index is 1.12. The molecule has 0 saturated heterocycles. The van der Waals surface area contributed by atoms with Crippen molar-refractivity contribution in [3.8, 4) is 33.6 Å². The summed E-state index contributed by atoms with van der Waals surface area (Å²) in [6.45, 7) is 4.52. The molecule has 0 radical (unpaired) electrons. The Labute approximate surface area is 310 Å². The fourth-order valence-electron chi connectivity index (χ4n) is 8.78. The SMILES string of the molecule is Cc1cc(-n2c3ccccc3c3ccncc32)cc(C)c1-c1cc(-c2ccc3sc4ccccc4c3c2)cc(-n2c3ccccc3c3ccccc32)c1. The molecule has 0 aliphatic rings. The maximum Gasteiger partial charge on any atom is 0.0724 e. The van der Waals surface area contributed by atoms with Crippen LogP contribution in [-0.4, -0.2) is 14.1 Å². The number of nitrogens with zero attached hydrogens (tertiary/aromatic N) is 3. The van der Waals surface area contributed by atoms with Gasteiger partial charge in [-0.3, -0.25) is 4.98 Å². The van der Waals surface area contributed by atoms with Gasteiger partial charge in [-0.25, -0.2) is 0 Å². The van der Waals surface area contributed by atoms with Gasteiger partial charge in [-0.1, -0.05) is 78.9 Å². The van der Waals surface area contributed by atoms with Crippen molar-refractivity contribution in [1.29, 1.82) is 0 Å². The van der Waals surface area contributed by atoms with Gasteiger partial charge in [0.1, 0.15) is 0 Å². The van der Waals surface area contributed by atoms with Crippen LogP contribution in [0.2, 0.25) is 0 Å². The first-order chi connectivity index (χ1) is 26.1. The van der Waals surface area contributed by atoms with E-state index in [-0.39, 0.29) is 0 Å². The molecule has 250 valence electrons. The number of aryl methyl sites for hydroxylation is 2. The molecule has 3 nitrogen and oxygen atoms in total. The monoisotopic (exact) mass is 695 g/mol. The summed E-state index contributed by atoms with van der Waals surface area (Å²) in [4.78, 5) is 4.53. The molecular formula is C49H33N3S. The summed E-state index contributed by atoms with van der Waals surface area (Å²) in [7, 11) is 0. The van der Waals surface area contributed by atoms with E-state index >= 15 is 0 Å². The van der Waals surface area contributed by atoms with Crippen molar-refractivity contribution in [2.75, 3.05) is 0 Å². The zero-order valence-electron chi connectivity index (χ0n) is 29.3. The van der Waals surface area contributed by atoms with Crippen LogP contribution in [0.1, 0.15) is 11.1 Å². The van der Waals surface area contributed by atoms with E-state index in [4.69, 9.17) is 0 Å². The number of thiophene rings is 1. The van der Waals surface area contributed by atoms with E-state index in [1.165, 1.54) is 91.6 Å². The molecule has 0 fully saturated rings. The highest BCUT2D eigenvalue weighted by atomic mass is 32.1. The lowest BCUT2D eigenvalue weighted by molar-refractivity contribution is 1.15. The number of rotatable bonds is 4. The van der Waals surface area contributed by atoms with E-state index in [1.54, 1.807) is 0 Å². The van der Waals surface area contributed by atoms with Crippen molar-refractivity contribution >= 4 is 75.1 Å². The molecule has 11 aromatic rings. The number of benzene rings is 7. The van der Waals surface area contributed by atoms with Crippen molar-refractivity contribution in [2.24, 2.45) is 0 Å². The summed E-state index contributed by atoms with van der Waals surface area (Å²) in [6.07, 6.45) is 3.88. The Morgan fingerprint density at radius 3 is 1.62 bits per heavy atom. The van der Waals surface area contributed by atoms with Crippen molar-refractivity contribution in [1.82, 2.24) is 14.1 Å². The van der Waals surface area contributed by atoms with Crippen LogP contribution in [0.3, 0.4) is 0 Å². The smallest absolute Gasteiger partial charge is 0.0724 e. The number of hydrogen-bond donors (Lipinski definition) is 0. The molecule has 0 aliphatic carbocycles. The number of pyridine rings is 1. The number of hydrogen-bond acceptors (Lipinski definition) is 2. The molecule has 4 heteroatoms. The van der Waals surface area contributed by atoms with Gasteiger partial charge in [0, 0.05) is 59.3 Å². The minimum Gasteiger partial charge on any atom is -0.309 e. The first-order valence-electron chi connectivity index (χ1n) is 18.1. The summed E-state index contributed by atoms with van der Waals surface area (Å²) in [6, 6.07) is 55.9. The quantitative estimate of drug-likeness (QED) is 0.180. The molecule has 0 amide bonds. The van der Waals surface area contributed by atoms with Gasteiger partial charge in [-0.2, -0.15) is 0 Å². The maximum atomic E-state index is 4.53. The third-order valence-electron chi connectivity index (χ3n) is 11.0. The topological polar surface area (TPSA) is 22.8 Å². The van der Waals surface area contributed by atoms with Crippen LogP contribution in [0.5, 0.6) is 0 Å². The van der Waals surface area contributed by atoms with Crippen LogP contribution in [0, 0.1) is 13.8 Å². The van der Waals surface area contributed by atoms with Crippen molar-refractivity contribution < 1.29 is 0 Å². The Balaban J connectivity index is 1.17. The van der Waals surface area contributed by atoms with Crippen molar-refractivity contribution in [3.05, 3.63) is 175 Å². The summed E-state index contributed by atoms with van der Waals surface area (Å²) >= 11 is 1.86. The molecule has 0 unspecified atom stereocenters. The Hall–Kier alpha value is -6.49. The van der Waals surface area contributed by atoms with Gasteiger partial charge in [-0.15, -0.1) is 11.3 Å². The second kappa shape index (κ2) is 11.5. The third kappa shape index (κ3) is 4.56. The molecule has 0 spiro atoms. The lowest BCUT2D eigenvalue weighted by Gasteiger charge is -2.18. The van der Waals surface area contributed by atoms with Crippen LogP contribution in [-0.2, 0) is 0 Å². The van der Waals surface area contributed by atoms with E-state index in [9.17, 15) is 0 Å². The molecular weight excluding hydrogens is 663 g/mol. The lowest BCUT2D eigenvalue weighted by Crippen LogP contribution is -2.00. The van der Waals surface area contributed by atoms with Crippen LogP contribution in [0.15, 0.2) is 164 Å². The summed E-state index contributed by atoms with van der Waals surface area (Å²) in [5.41, 5.74) is 14.4. The molecule has 0 atom stereocenters. The van der Waals surface area contributed by atoms with Crippen molar-refractivity contribution in [2.45, 2.75) is 13.8 Å². The Kier molecular flexibility index (Phi) is 6.55. The molecule has 0 saturated carbocycles. The van der Waals surface area contributed by atoms with Gasteiger partial charge in [-0.05, 0) is 120 Å². The summed E-state index contributed by atoms with van der Waals surface area (Å²) in [5, 5.41) is 7.61. The van der Waals surface area contributed by atoms with Gasteiger partial charge in [0.25, 0.3) is 0 Å². The average molecular weight is 696 g/mol. The van der Waals surface area contributed by atoms with E-state index in [0.717, 1.165) is 16.9 Å². The van der Waals surface area contributed by atoms with Gasteiger partial charge in [0.05, 0.1) is 28.3 Å². The molecule has 11 rings (SSSR count). The molecule has 4 heterocycles. The standard InChI is InChI=1S/C49H33N3S/c1-30-23-35(52-45-17-9-5-13-39(45)40-21-22-50-29-46(40)52)24-31(2)49(30)34-25-33(32-19-20-48-42(28-32)41-14-6-10-18-47(41)53-48)26-36(27-34)51-43-15-7-3-11-37(43)38-12-4-8-16-44(38)51/h3-29H,1-2H3. The van der Waals surface area contributed by atoms with Gasteiger partial charge in [0.15, 0.2) is 0 Å². The zero-order chi connectivity index (χ0) is 35.2. The van der Waals surface area contributed by atoms with Crippen molar-refractivity contribution in [3.63, 3.8) is 0 Å². The highest BCUT2D eigenvalue weighted by Crippen LogP contribution is 2.41. The second-order valence-electron chi connectivity index (χ2n) is 14.1. The Morgan fingerprint density at radius 2 is 0.943 bits per heavy atom. The predicted molar refractivity (Wildman–Crippen MR) is 226 cm³/mol. The number of aromatic nitrogens is 3. The molecule has 0 bridgehead atoms. The first kappa shape index (κ1) is 30.2. The van der Waals surface area contributed by atoms with Crippen LogP contribution >= 0.6 is 11.3 Å². The minimum atomic E-state index is 1.12. The van der Waals surface area contributed by atoms with E-state index < -0.39 is 0 Å². The fraction of sp³-hybridized carbons (Fsp3) is 0.0408. The highest BCUT2D eigenvalue weighted by Gasteiger charge is 2.19. The van der Waals surface area contributed by atoms with Gasteiger partial charge < -0.3 is 9.13 Å².